The monoisotopic (exact) mass is 386 g/mol. The Balaban J connectivity index is 1.56. The molecule has 0 unspecified atom stereocenters. The summed E-state index contributed by atoms with van der Waals surface area (Å²) in [6, 6.07) is 15.3. The second-order valence-electron chi connectivity index (χ2n) is 7.06. The number of para-hydroxylation sites is 1. The van der Waals surface area contributed by atoms with Crippen molar-refractivity contribution in [3.63, 3.8) is 0 Å². The molecule has 0 bridgehead atoms. The molecule has 0 fully saturated rings. The first-order valence-electron chi connectivity index (χ1n) is 9.46. The van der Waals surface area contributed by atoms with E-state index >= 15 is 0 Å². The van der Waals surface area contributed by atoms with Crippen LogP contribution in [0.1, 0.15) is 41.8 Å². The minimum absolute atomic E-state index is 0.226. The molecule has 1 amide bonds. The SMILES string of the molecule is Cc1nccn1-c1ccc(NC(=O)c2cc(C(C)C)n(-c3ccccc3)n2)cn1. The Bertz CT molecular complexity index is 1130. The van der Waals surface area contributed by atoms with Gasteiger partial charge in [0.2, 0.25) is 0 Å². The first kappa shape index (κ1) is 18.6. The number of benzene rings is 1. The highest BCUT2D eigenvalue weighted by Crippen LogP contribution is 2.21. The number of amides is 1. The number of carbonyl (C=O) groups is 1. The minimum Gasteiger partial charge on any atom is -0.319 e. The molecule has 0 atom stereocenters. The van der Waals surface area contributed by atoms with Crippen LogP contribution >= 0.6 is 0 Å². The number of pyridine rings is 1. The summed E-state index contributed by atoms with van der Waals surface area (Å²) in [5.74, 6) is 1.55. The molecular formula is C22H22N6O. The predicted octanol–water partition coefficient (Wildman–Crippen LogP) is 4.14. The van der Waals surface area contributed by atoms with Gasteiger partial charge in [0.05, 0.1) is 17.6 Å². The number of aryl methyl sites for hydroxylation is 1. The van der Waals surface area contributed by atoms with Gasteiger partial charge in [-0.3, -0.25) is 9.36 Å². The number of nitrogens with one attached hydrogen (secondary N) is 1. The second-order valence-corrected chi connectivity index (χ2v) is 7.06. The van der Waals surface area contributed by atoms with Crippen molar-refractivity contribution in [1.82, 2.24) is 24.3 Å². The number of aromatic nitrogens is 5. The van der Waals surface area contributed by atoms with E-state index in [0.717, 1.165) is 23.0 Å². The summed E-state index contributed by atoms with van der Waals surface area (Å²) in [4.78, 5) is 21.4. The van der Waals surface area contributed by atoms with Crippen LogP contribution < -0.4 is 5.32 Å². The third-order valence-corrected chi connectivity index (χ3v) is 4.64. The molecule has 0 saturated heterocycles. The van der Waals surface area contributed by atoms with E-state index in [-0.39, 0.29) is 11.8 Å². The summed E-state index contributed by atoms with van der Waals surface area (Å²) in [6.45, 7) is 6.07. The Morgan fingerprint density at radius 2 is 1.86 bits per heavy atom. The molecule has 3 aromatic heterocycles. The number of rotatable bonds is 5. The third kappa shape index (κ3) is 3.80. The van der Waals surface area contributed by atoms with Gasteiger partial charge < -0.3 is 5.32 Å². The van der Waals surface area contributed by atoms with E-state index in [1.54, 1.807) is 12.4 Å². The molecule has 146 valence electrons. The van der Waals surface area contributed by atoms with E-state index < -0.39 is 0 Å². The summed E-state index contributed by atoms with van der Waals surface area (Å²) >= 11 is 0. The summed E-state index contributed by atoms with van der Waals surface area (Å²) in [7, 11) is 0. The number of hydrogen-bond acceptors (Lipinski definition) is 4. The highest BCUT2D eigenvalue weighted by Gasteiger charge is 2.17. The first-order chi connectivity index (χ1) is 14.0. The van der Waals surface area contributed by atoms with E-state index in [4.69, 9.17) is 0 Å². The van der Waals surface area contributed by atoms with Crippen molar-refractivity contribution in [1.29, 1.82) is 0 Å². The Kier molecular flexibility index (Phi) is 4.95. The van der Waals surface area contributed by atoms with E-state index in [9.17, 15) is 4.79 Å². The summed E-state index contributed by atoms with van der Waals surface area (Å²) in [5.41, 5.74) is 2.88. The number of anilines is 1. The second kappa shape index (κ2) is 7.71. The molecule has 0 aliphatic carbocycles. The van der Waals surface area contributed by atoms with Gasteiger partial charge in [-0.2, -0.15) is 5.10 Å². The molecule has 0 radical (unpaired) electrons. The largest absolute Gasteiger partial charge is 0.319 e. The van der Waals surface area contributed by atoms with E-state index in [2.05, 4.69) is 34.2 Å². The minimum atomic E-state index is -0.269. The van der Waals surface area contributed by atoms with E-state index in [0.29, 0.717) is 11.4 Å². The zero-order chi connectivity index (χ0) is 20.4. The quantitative estimate of drug-likeness (QED) is 0.559. The fourth-order valence-corrected chi connectivity index (χ4v) is 3.11. The summed E-state index contributed by atoms with van der Waals surface area (Å²) < 4.78 is 3.70. The van der Waals surface area contributed by atoms with Crippen LogP contribution in [0.2, 0.25) is 0 Å². The lowest BCUT2D eigenvalue weighted by atomic mass is 10.1. The van der Waals surface area contributed by atoms with Gasteiger partial charge in [-0.05, 0) is 43.2 Å². The molecule has 4 aromatic rings. The normalized spacial score (nSPS) is 11.0. The highest BCUT2D eigenvalue weighted by molar-refractivity contribution is 6.02. The van der Waals surface area contributed by atoms with Crippen LogP contribution in [-0.4, -0.2) is 30.2 Å². The van der Waals surface area contributed by atoms with Crippen LogP contribution in [0, 0.1) is 6.92 Å². The maximum Gasteiger partial charge on any atom is 0.276 e. The lowest BCUT2D eigenvalue weighted by Crippen LogP contribution is -2.13. The topological polar surface area (TPSA) is 77.6 Å². The average molecular weight is 386 g/mol. The molecule has 3 heterocycles. The van der Waals surface area contributed by atoms with E-state index in [1.165, 1.54) is 0 Å². The van der Waals surface area contributed by atoms with Crippen LogP contribution in [0.25, 0.3) is 11.5 Å². The Labute approximate surface area is 169 Å². The molecule has 0 aliphatic rings. The third-order valence-electron chi connectivity index (χ3n) is 4.64. The summed E-state index contributed by atoms with van der Waals surface area (Å²) in [5, 5.41) is 7.41. The van der Waals surface area contributed by atoms with Crippen molar-refractivity contribution in [3.05, 3.63) is 84.3 Å². The molecule has 4 rings (SSSR count). The van der Waals surface area contributed by atoms with Gasteiger partial charge in [-0.25, -0.2) is 14.6 Å². The van der Waals surface area contributed by atoms with Gasteiger partial charge in [0.15, 0.2) is 5.69 Å². The van der Waals surface area contributed by atoms with Crippen LogP contribution in [0.4, 0.5) is 5.69 Å². The standard InChI is InChI=1S/C22H22N6O/c1-15(2)20-13-19(26-28(20)18-7-5-4-6-8-18)22(29)25-17-9-10-21(24-14-17)27-12-11-23-16(27)3/h4-15H,1-3H3,(H,25,29). The molecule has 0 saturated carbocycles. The zero-order valence-electron chi connectivity index (χ0n) is 16.6. The number of imidazole rings is 1. The molecule has 7 heteroatoms. The van der Waals surface area contributed by atoms with E-state index in [1.807, 2.05) is 70.9 Å². The Hall–Kier alpha value is -3.74. The van der Waals surface area contributed by atoms with Crippen molar-refractivity contribution >= 4 is 11.6 Å². The van der Waals surface area contributed by atoms with Crippen LogP contribution in [0.3, 0.4) is 0 Å². The van der Waals surface area contributed by atoms with Gasteiger partial charge in [0, 0.05) is 18.1 Å². The summed E-state index contributed by atoms with van der Waals surface area (Å²) in [6.07, 6.45) is 5.20. The average Bonchev–Trinajstić information content (AvgIpc) is 3.36. The van der Waals surface area contributed by atoms with Crippen LogP contribution in [-0.2, 0) is 0 Å². The molecule has 7 nitrogen and oxygen atoms in total. The van der Waals surface area contributed by atoms with Gasteiger partial charge in [-0.1, -0.05) is 32.0 Å². The molecule has 0 aliphatic heterocycles. The zero-order valence-corrected chi connectivity index (χ0v) is 16.6. The Morgan fingerprint density at radius 1 is 1.07 bits per heavy atom. The molecule has 1 aromatic carbocycles. The first-order valence-corrected chi connectivity index (χ1v) is 9.46. The van der Waals surface area contributed by atoms with Crippen molar-refractivity contribution in [2.45, 2.75) is 26.7 Å². The highest BCUT2D eigenvalue weighted by atomic mass is 16.2. The maximum absolute atomic E-state index is 12.8. The molecule has 29 heavy (non-hydrogen) atoms. The van der Waals surface area contributed by atoms with Gasteiger partial charge in [0.1, 0.15) is 11.6 Å². The van der Waals surface area contributed by atoms with Crippen molar-refractivity contribution in [3.8, 4) is 11.5 Å². The fourth-order valence-electron chi connectivity index (χ4n) is 3.11. The number of nitrogens with zero attached hydrogens (tertiary/aromatic N) is 5. The molecule has 1 N–H and O–H groups in total. The predicted molar refractivity (Wildman–Crippen MR) is 112 cm³/mol. The van der Waals surface area contributed by atoms with Crippen molar-refractivity contribution < 1.29 is 4.79 Å². The van der Waals surface area contributed by atoms with Crippen LogP contribution in [0.15, 0.2) is 67.1 Å². The number of hydrogen-bond donors (Lipinski definition) is 1. The molecular weight excluding hydrogens is 364 g/mol. The smallest absolute Gasteiger partial charge is 0.276 e. The van der Waals surface area contributed by atoms with Crippen molar-refractivity contribution in [2.24, 2.45) is 0 Å². The van der Waals surface area contributed by atoms with Crippen LogP contribution in [0.5, 0.6) is 0 Å². The number of carbonyl (C=O) groups excluding carboxylic acids is 1. The van der Waals surface area contributed by atoms with Gasteiger partial charge >= 0.3 is 0 Å². The van der Waals surface area contributed by atoms with Gasteiger partial charge in [0.25, 0.3) is 5.91 Å². The molecule has 0 spiro atoms. The van der Waals surface area contributed by atoms with Gasteiger partial charge in [-0.15, -0.1) is 0 Å². The fraction of sp³-hybridized carbons (Fsp3) is 0.182. The Morgan fingerprint density at radius 3 is 2.48 bits per heavy atom. The lowest BCUT2D eigenvalue weighted by molar-refractivity contribution is 0.102. The lowest BCUT2D eigenvalue weighted by Gasteiger charge is -2.09. The van der Waals surface area contributed by atoms with Crippen molar-refractivity contribution in [2.75, 3.05) is 5.32 Å². The maximum atomic E-state index is 12.8.